The molecular weight excluding hydrogens is 312 g/mol. The first kappa shape index (κ1) is 19.3. The molecule has 0 heteroatoms. The minimum Gasteiger partial charge on any atom is -0.0654 e. The zero-order valence-electron chi connectivity index (χ0n) is 18.4. The molecule has 0 N–H and O–H groups in total. The van der Waals surface area contributed by atoms with Gasteiger partial charge in [0.05, 0.1) is 0 Å². The molecule has 0 radical (unpaired) electrons. The molecule has 0 heterocycles. The summed E-state index contributed by atoms with van der Waals surface area (Å²) in [6.07, 6.45) is 21.4. The summed E-state index contributed by atoms with van der Waals surface area (Å²) >= 11 is 0. The van der Waals surface area contributed by atoms with Crippen LogP contribution in [0.4, 0.5) is 0 Å². The van der Waals surface area contributed by atoms with Crippen molar-refractivity contribution >= 4 is 0 Å². The zero-order chi connectivity index (χ0) is 18.4. The van der Waals surface area contributed by atoms with E-state index in [1.807, 2.05) is 0 Å². The van der Waals surface area contributed by atoms with Crippen LogP contribution < -0.4 is 0 Å². The molecule has 0 saturated heterocycles. The van der Waals surface area contributed by atoms with E-state index in [4.69, 9.17) is 0 Å². The second kappa shape index (κ2) is 7.44. The van der Waals surface area contributed by atoms with Gasteiger partial charge in [-0.15, -0.1) is 0 Å². The van der Waals surface area contributed by atoms with E-state index >= 15 is 0 Å². The Kier molecular flexibility index (Phi) is 5.53. The Bertz CT molecular complexity index is 480. The van der Waals surface area contributed by atoms with Crippen molar-refractivity contribution in [3.8, 4) is 0 Å². The molecule has 4 aliphatic carbocycles. The molecule has 4 fully saturated rings. The fraction of sp³-hybridized carbons (Fsp3) is 1.00. The topological polar surface area (TPSA) is 0 Å². The minimum absolute atomic E-state index is 0.695. The first-order valence-corrected chi connectivity index (χ1v) is 12.5. The van der Waals surface area contributed by atoms with Gasteiger partial charge < -0.3 is 0 Å². The third kappa shape index (κ3) is 3.10. The van der Waals surface area contributed by atoms with Crippen LogP contribution in [-0.4, -0.2) is 0 Å². The number of hydrogen-bond donors (Lipinski definition) is 0. The average Bonchev–Trinajstić information content (AvgIpc) is 2.94. The molecule has 0 spiro atoms. The lowest BCUT2D eigenvalue weighted by Gasteiger charge is -2.61. The van der Waals surface area contributed by atoms with E-state index in [0.29, 0.717) is 10.8 Å². The van der Waals surface area contributed by atoms with Crippen molar-refractivity contribution in [3.63, 3.8) is 0 Å². The van der Waals surface area contributed by atoms with E-state index in [2.05, 4.69) is 27.7 Å². The molecule has 150 valence electrons. The molecule has 8 atom stereocenters. The Morgan fingerprint density at radius 1 is 0.769 bits per heavy atom. The molecule has 4 saturated carbocycles. The van der Waals surface area contributed by atoms with Gasteiger partial charge in [-0.25, -0.2) is 0 Å². The number of rotatable bonds is 5. The van der Waals surface area contributed by atoms with Crippen LogP contribution in [-0.2, 0) is 0 Å². The molecule has 0 bridgehead atoms. The lowest BCUT2D eigenvalue weighted by molar-refractivity contribution is -0.117. The SMILES string of the molecule is CCCCCC[C@H]1CC[C@@]2(C)C(CCC3C2CC[C@@]2(C)C3CC[C@@H]2C)C1. The molecular formula is C26H46. The van der Waals surface area contributed by atoms with Crippen molar-refractivity contribution in [3.05, 3.63) is 0 Å². The Hall–Kier alpha value is 0. The second-order valence-electron chi connectivity index (χ2n) is 11.7. The fourth-order valence-electron chi connectivity index (χ4n) is 8.73. The standard InChI is InChI=1S/C26H46/c1-5-6-7-8-9-20-14-16-26(4)21(18-20)11-12-22-23-13-10-19(2)25(23,3)17-15-24(22)26/h19-24H,5-18H2,1-4H3/t19-,20-,21?,22?,23?,24?,25+,26-/m0/s1. The summed E-state index contributed by atoms with van der Waals surface area (Å²) < 4.78 is 0. The van der Waals surface area contributed by atoms with E-state index < -0.39 is 0 Å². The summed E-state index contributed by atoms with van der Waals surface area (Å²) in [4.78, 5) is 0. The van der Waals surface area contributed by atoms with Gasteiger partial charge in [-0.05, 0) is 104 Å². The second-order valence-corrected chi connectivity index (χ2v) is 11.7. The third-order valence-corrected chi connectivity index (χ3v) is 10.7. The summed E-state index contributed by atoms with van der Waals surface area (Å²) in [7, 11) is 0. The van der Waals surface area contributed by atoms with E-state index in [-0.39, 0.29) is 0 Å². The van der Waals surface area contributed by atoms with Crippen LogP contribution in [0.25, 0.3) is 0 Å². The highest BCUT2D eigenvalue weighted by molar-refractivity contribution is 5.08. The number of fused-ring (bicyclic) bond motifs is 5. The largest absolute Gasteiger partial charge is 0.0654 e. The maximum Gasteiger partial charge on any atom is -0.0266 e. The van der Waals surface area contributed by atoms with Crippen LogP contribution in [0.3, 0.4) is 0 Å². The van der Waals surface area contributed by atoms with Crippen molar-refractivity contribution in [2.24, 2.45) is 46.3 Å². The van der Waals surface area contributed by atoms with Crippen molar-refractivity contribution in [2.45, 2.75) is 118 Å². The molecule has 0 aromatic carbocycles. The molecule has 4 rings (SSSR count). The maximum absolute atomic E-state index is 2.75. The Labute approximate surface area is 164 Å². The predicted molar refractivity (Wildman–Crippen MR) is 113 cm³/mol. The normalized spacial score (nSPS) is 50.8. The highest BCUT2D eigenvalue weighted by Gasteiger charge is 2.59. The molecule has 4 aliphatic rings. The summed E-state index contributed by atoms with van der Waals surface area (Å²) in [6, 6.07) is 0. The number of unbranched alkanes of at least 4 members (excludes halogenated alkanes) is 3. The van der Waals surface area contributed by atoms with Crippen molar-refractivity contribution in [2.75, 3.05) is 0 Å². The van der Waals surface area contributed by atoms with Crippen LogP contribution in [0.2, 0.25) is 0 Å². The smallest absolute Gasteiger partial charge is 0.0266 e. The molecule has 0 aromatic rings. The Morgan fingerprint density at radius 3 is 2.35 bits per heavy atom. The lowest BCUT2D eigenvalue weighted by Crippen LogP contribution is -2.53. The van der Waals surface area contributed by atoms with Crippen LogP contribution in [0, 0.1) is 46.3 Å². The Balaban J connectivity index is 1.41. The molecule has 0 aromatic heterocycles. The van der Waals surface area contributed by atoms with Gasteiger partial charge in [0.15, 0.2) is 0 Å². The van der Waals surface area contributed by atoms with E-state index in [9.17, 15) is 0 Å². The van der Waals surface area contributed by atoms with Gasteiger partial charge in [0.2, 0.25) is 0 Å². The first-order valence-electron chi connectivity index (χ1n) is 12.5. The molecule has 0 amide bonds. The van der Waals surface area contributed by atoms with Crippen LogP contribution >= 0.6 is 0 Å². The zero-order valence-corrected chi connectivity index (χ0v) is 18.4. The quantitative estimate of drug-likeness (QED) is 0.434. The summed E-state index contributed by atoms with van der Waals surface area (Å²) in [5.41, 5.74) is 1.40. The average molecular weight is 359 g/mol. The van der Waals surface area contributed by atoms with Gasteiger partial charge in [-0.1, -0.05) is 59.8 Å². The van der Waals surface area contributed by atoms with E-state index in [1.165, 1.54) is 32.1 Å². The third-order valence-electron chi connectivity index (χ3n) is 10.7. The Morgan fingerprint density at radius 2 is 1.54 bits per heavy atom. The van der Waals surface area contributed by atoms with Crippen LogP contribution in [0.5, 0.6) is 0 Å². The first-order chi connectivity index (χ1) is 12.5. The highest BCUT2D eigenvalue weighted by atomic mass is 14.6. The van der Waals surface area contributed by atoms with E-state index in [0.717, 1.165) is 35.5 Å². The van der Waals surface area contributed by atoms with Crippen molar-refractivity contribution < 1.29 is 0 Å². The van der Waals surface area contributed by atoms with Gasteiger partial charge in [-0.2, -0.15) is 0 Å². The van der Waals surface area contributed by atoms with Gasteiger partial charge in [0.25, 0.3) is 0 Å². The predicted octanol–water partition coefficient (Wildman–Crippen LogP) is 8.25. The molecule has 0 aliphatic heterocycles. The molecule has 4 unspecified atom stereocenters. The van der Waals surface area contributed by atoms with Crippen LogP contribution in [0.1, 0.15) is 118 Å². The minimum atomic E-state index is 0.695. The summed E-state index contributed by atoms with van der Waals surface area (Å²) in [6.45, 7) is 10.3. The van der Waals surface area contributed by atoms with Crippen molar-refractivity contribution in [1.82, 2.24) is 0 Å². The lowest BCUT2D eigenvalue weighted by atomic mass is 9.44. The van der Waals surface area contributed by atoms with E-state index in [1.54, 1.807) is 57.8 Å². The monoisotopic (exact) mass is 358 g/mol. The highest BCUT2D eigenvalue weighted by Crippen LogP contribution is 2.67. The molecule has 26 heavy (non-hydrogen) atoms. The van der Waals surface area contributed by atoms with Crippen molar-refractivity contribution in [1.29, 1.82) is 0 Å². The fourth-order valence-corrected chi connectivity index (χ4v) is 8.73. The maximum atomic E-state index is 2.75. The van der Waals surface area contributed by atoms with Gasteiger partial charge in [-0.3, -0.25) is 0 Å². The van der Waals surface area contributed by atoms with Gasteiger partial charge >= 0.3 is 0 Å². The summed E-state index contributed by atoms with van der Waals surface area (Å²) in [5.74, 6) is 6.35. The summed E-state index contributed by atoms with van der Waals surface area (Å²) in [5, 5.41) is 0. The van der Waals surface area contributed by atoms with Gasteiger partial charge in [0.1, 0.15) is 0 Å². The number of hydrogen-bond acceptors (Lipinski definition) is 0. The van der Waals surface area contributed by atoms with Crippen LogP contribution in [0.15, 0.2) is 0 Å². The molecule has 0 nitrogen and oxygen atoms in total. The van der Waals surface area contributed by atoms with Gasteiger partial charge in [0, 0.05) is 0 Å².